The number of anilines is 1. The first-order chi connectivity index (χ1) is 8.81. The third kappa shape index (κ3) is 2.41. The molecule has 3 heterocycles. The molecule has 0 aromatic carbocycles. The van der Waals surface area contributed by atoms with E-state index < -0.39 is 0 Å². The van der Waals surface area contributed by atoms with Gasteiger partial charge in [-0.25, -0.2) is 9.97 Å². The molecular formula is C13H17N5. The Morgan fingerprint density at radius 3 is 3.06 bits per heavy atom. The zero-order chi connectivity index (χ0) is 12.4. The molecular weight excluding hydrogens is 226 g/mol. The average molecular weight is 243 g/mol. The number of rotatable bonds is 2. The number of likely N-dealkylation sites (tertiary alicyclic amines) is 1. The summed E-state index contributed by atoms with van der Waals surface area (Å²) in [5, 5.41) is 3.48. The normalized spacial score (nSPS) is 21.1. The van der Waals surface area contributed by atoms with Crippen molar-refractivity contribution in [2.75, 3.05) is 25.5 Å². The topological polar surface area (TPSA) is 53.9 Å². The summed E-state index contributed by atoms with van der Waals surface area (Å²) in [6.45, 7) is 2.26. The molecule has 2 aromatic rings. The highest BCUT2D eigenvalue weighted by Crippen LogP contribution is 2.15. The van der Waals surface area contributed by atoms with Crippen LogP contribution in [0.4, 0.5) is 5.82 Å². The first kappa shape index (κ1) is 11.3. The average Bonchev–Trinajstić information content (AvgIpc) is 2.39. The number of hydrogen-bond acceptors (Lipinski definition) is 5. The van der Waals surface area contributed by atoms with Gasteiger partial charge in [-0.2, -0.15) is 0 Å². The first-order valence-corrected chi connectivity index (χ1v) is 6.34. The largest absolute Gasteiger partial charge is 0.366 e. The molecule has 1 atom stereocenters. The fraction of sp³-hybridized carbons (Fsp3) is 0.462. The lowest BCUT2D eigenvalue weighted by Crippen LogP contribution is -2.39. The van der Waals surface area contributed by atoms with Crippen LogP contribution < -0.4 is 5.32 Å². The van der Waals surface area contributed by atoms with Gasteiger partial charge in [0.15, 0.2) is 5.65 Å². The SMILES string of the molecule is CN1CCCC(Nc2ccc3nccnc3n2)C1. The summed E-state index contributed by atoms with van der Waals surface area (Å²) in [5.74, 6) is 0.892. The second-order valence-corrected chi connectivity index (χ2v) is 4.84. The number of pyridine rings is 1. The standard InChI is InChI=1S/C13H17N5/c1-18-8-2-3-10(9-18)16-12-5-4-11-13(17-12)15-7-6-14-11/h4-7,10H,2-3,8-9H2,1H3,(H,15,16,17). The van der Waals surface area contributed by atoms with E-state index in [1.54, 1.807) is 12.4 Å². The fourth-order valence-electron chi connectivity index (χ4n) is 2.43. The Bertz CT molecular complexity index is 542. The number of nitrogens with one attached hydrogen (secondary N) is 1. The van der Waals surface area contributed by atoms with Crippen LogP contribution in [0.2, 0.25) is 0 Å². The minimum absolute atomic E-state index is 0.477. The zero-order valence-electron chi connectivity index (χ0n) is 10.5. The van der Waals surface area contributed by atoms with Crippen molar-refractivity contribution < 1.29 is 0 Å². The van der Waals surface area contributed by atoms with Crippen molar-refractivity contribution in [3.8, 4) is 0 Å². The van der Waals surface area contributed by atoms with Crippen molar-refractivity contribution in [2.24, 2.45) is 0 Å². The Morgan fingerprint density at radius 2 is 2.17 bits per heavy atom. The molecule has 1 fully saturated rings. The van der Waals surface area contributed by atoms with Crippen molar-refractivity contribution in [1.29, 1.82) is 0 Å². The lowest BCUT2D eigenvalue weighted by molar-refractivity contribution is 0.261. The molecule has 5 heteroatoms. The third-order valence-corrected chi connectivity index (χ3v) is 3.31. The minimum atomic E-state index is 0.477. The lowest BCUT2D eigenvalue weighted by Gasteiger charge is -2.30. The van der Waals surface area contributed by atoms with E-state index in [1.807, 2.05) is 12.1 Å². The molecule has 18 heavy (non-hydrogen) atoms. The zero-order valence-corrected chi connectivity index (χ0v) is 10.5. The maximum atomic E-state index is 4.49. The molecule has 1 aliphatic rings. The van der Waals surface area contributed by atoms with Crippen LogP contribution in [-0.2, 0) is 0 Å². The Morgan fingerprint density at radius 1 is 1.28 bits per heavy atom. The van der Waals surface area contributed by atoms with E-state index in [0.717, 1.165) is 17.9 Å². The van der Waals surface area contributed by atoms with Gasteiger partial charge in [-0.3, -0.25) is 4.98 Å². The summed E-state index contributed by atoms with van der Waals surface area (Å²) >= 11 is 0. The Labute approximate surface area is 106 Å². The van der Waals surface area contributed by atoms with E-state index >= 15 is 0 Å². The molecule has 0 aliphatic carbocycles. The summed E-state index contributed by atoms with van der Waals surface area (Å²) in [6, 6.07) is 4.42. The van der Waals surface area contributed by atoms with Crippen molar-refractivity contribution in [3.63, 3.8) is 0 Å². The highest BCUT2D eigenvalue weighted by atomic mass is 15.2. The van der Waals surface area contributed by atoms with Gasteiger partial charge >= 0.3 is 0 Å². The van der Waals surface area contributed by atoms with Gasteiger partial charge < -0.3 is 10.2 Å². The molecule has 0 spiro atoms. The van der Waals surface area contributed by atoms with Crippen LogP contribution in [0, 0.1) is 0 Å². The van der Waals surface area contributed by atoms with Crippen LogP contribution >= 0.6 is 0 Å². The second kappa shape index (κ2) is 4.86. The van der Waals surface area contributed by atoms with Gasteiger partial charge in [0.1, 0.15) is 11.3 Å². The molecule has 1 saturated heterocycles. The minimum Gasteiger partial charge on any atom is -0.366 e. The number of hydrogen-bond donors (Lipinski definition) is 1. The van der Waals surface area contributed by atoms with Crippen molar-refractivity contribution in [3.05, 3.63) is 24.5 Å². The van der Waals surface area contributed by atoms with Gasteiger partial charge in [0.25, 0.3) is 0 Å². The summed E-state index contributed by atoms with van der Waals surface area (Å²) < 4.78 is 0. The van der Waals surface area contributed by atoms with E-state index in [0.29, 0.717) is 11.7 Å². The Balaban J connectivity index is 1.78. The van der Waals surface area contributed by atoms with Crippen molar-refractivity contribution >= 4 is 17.0 Å². The summed E-state index contributed by atoms with van der Waals surface area (Å²) in [4.78, 5) is 15.3. The smallest absolute Gasteiger partial charge is 0.180 e. The molecule has 1 unspecified atom stereocenters. The number of likely N-dealkylation sites (N-methyl/N-ethyl adjacent to an activating group) is 1. The molecule has 5 nitrogen and oxygen atoms in total. The van der Waals surface area contributed by atoms with Crippen LogP contribution in [0.25, 0.3) is 11.2 Å². The highest BCUT2D eigenvalue weighted by molar-refractivity contribution is 5.71. The molecule has 1 aliphatic heterocycles. The summed E-state index contributed by atoms with van der Waals surface area (Å²) in [7, 11) is 2.16. The van der Waals surface area contributed by atoms with Gasteiger partial charge in [0, 0.05) is 25.0 Å². The van der Waals surface area contributed by atoms with Crippen LogP contribution in [0.15, 0.2) is 24.5 Å². The summed E-state index contributed by atoms with van der Waals surface area (Å²) in [6.07, 6.45) is 5.80. The predicted molar refractivity (Wildman–Crippen MR) is 71.5 cm³/mol. The molecule has 0 radical (unpaired) electrons. The van der Waals surface area contributed by atoms with Crippen molar-refractivity contribution in [1.82, 2.24) is 19.9 Å². The van der Waals surface area contributed by atoms with E-state index in [9.17, 15) is 0 Å². The van der Waals surface area contributed by atoms with Gasteiger partial charge in [0.05, 0.1) is 0 Å². The van der Waals surface area contributed by atoms with Crippen LogP contribution in [-0.4, -0.2) is 46.0 Å². The third-order valence-electron chi connectivity index (χ3n) is 3.31. The Kier molecular flexibility index (Phi) is 3.06. The number of aromatic nitrogens is 3. The fourth-order valence-corrected chi connectivity index (χ4v) is 2.43. The van der Waals surface area contributed by atoms with Crippen LogP contribution in [0.5, 0.6) is 0 Å². The maximum absolute atomic E-state index is 4.49. The highest BCUT2D eigenvalue weighted by Gasteiger charge is 2.17. The van der Waals surface area contributed by atoms with Crippen LogP contribution in [0.1, 0.15) is 12.8 Å². The van der Waals surface area contributed by atoms with Gasteiger partial charge in [0.2, 0.25) is 0 Å². The van der Waals surface area contributed by atoms with E-state index in [2.05, 4.69) is 32.2 Å². The molecule has 3 rings (SSSR count). The first-order valence-electron chi connectivity index (χ1n) is 6.34. The Hall–Kier alpha value is -1.75. The molecule has 94 valence electrons. The number of fused-ring (bicyclic) bond motifs is 1. The molecule has 0 saturated carbocycles. The number of nitrogens with zero attached hydrogens (tertiary/aromatic N) is 4. The monoisotopic (exact) mass is 243 g/mol. The lowest BCUT2D eigenvalue weighted by atomic mass is 10.1. The molecule has 0 bridgehead atoms. The summed E-state index contributed by atoms with van der Waals surface area (Å²) in [5.41, 5.74) is 1.54. The van der Waals surface area contributed by atoms with Gasteiger partial charge in [-0.1, -0.05) is 0 Å². The van der Waals surface area contributed by atoms with E-state index in [1.165, 1.54) is 19.4 Å². The van der Waals surface area contributed by atoms with Gasteiger partial charge in [-0.05, 0) is 38.6 Å². The van der Waals surface area contributed by atoms with E-state index in [4.69, 9.17) is 0 Å². The van der Waals surface area contributed by atoms with Crippen molar-refractivity contribution in [2.45, 2.75) is 18.9 Å². The second-order valence-electron chi connectivity index (χ2n) is 4.84. The molecule has 1 N–H and O–H groups in total. The van der Waals surface area contributed by atoms with E-state index in [-0.39, 0.29) is 0 Å². The number of piperidine rings is 1. The maximum Gasteiger partial charge on any atom is 0.180 e. The van der Waals surface area contributed by atoms with Gasteiger partial charge in [-0.15, -0.1) is 0 Å². The predicted octanol–water partition coefficient (Wildman–Crippen LogP) is 1.53. The quantitative estimate of drug-likeness (QED) is 0.867. The molecule has 0 amide bonds. The molecule has 2 aromatic heterocycles. The van der Waals surface area contributed by atoms with Crippen LogP contribution in [0.3, 0.4) is 0 Å².